The summed E-state index contributed by atoms with van der Waals surface area (Å²) in [7, 11) is 3.95. The third kappa shape index (κ3) is 3.57. The van der Waals surface area contributed by atoms with Crippen LogP contribution in [0.3, 0.4) is 0 Å². The predicted octanol–water partition coefficient (Wildman–Crippen LogP) is 3.13. The number of anilines is 1. The summed E-state index contributed by atoms with van der Waals surface area (Å²) >= 11 is 0. The van der Waals surface area contributed by atoms with E-state index in [9.17, 15) is 0 Å². The molecule has 1 saturated heterocycles. The number of hydrogen-bond acceptors (Lipinski definition) is 4. The smallest absolute Gasteiger partial charge is 0.118 e. The predicted molar refractivity (Wildman–Crippen MR) is 107 cm³/mol. The zero-order valence-electron chi connectivity index (χ0n) is 15.8. The molecule has 4 nitrogen and oxygen atoms in total. The lowest BCUT2D eigenvalue weighted by Gasteiger charge is -2.36. The molecule has 0 aromatic heterocycles. The van der Waals surface area contributed by atoms with Gasteiger partial charge in [0, 0.05) is 38.9 Å². The van der Waals surface area contributed by atoms with E-state index in [2.05, 4.69) is 65.0 Å². The second-order valence-corrected chi connectivity index (χ2v) is 7.57. The van der Waals surface area contributed by atoms with Gasteiger partial charge in [-0.05, 0) is 65.8 Å². The van der Waals surface area contributed by atoms with Gasteiger partial charge in [-0.3, -0.25) is 0 Å². The van der Waals surface area contributed by atoms with Gasteiger partial charge < -0.3 is 20.3 Å². The number of nitrogens with one attached hydrogen (secondary N) is 2. The van der Waals surface area contributed by atoms with Gasteiger partial charge in [-0.25, -0.2) is 0 Å². The Bertz CT molecular complexity index is 744. The molecule has 0 spiro atoms. The highest BCUT2D eigenvalue weighted by Crippen LogP contribution is 2.33. The van der Waals surface area contributed by atoms with Gasteiger partial charge in [-0.1, -0.05) is 18.2 Å². The maximum absolute atomic E-state index is 5.32. The molecule has 26 heavy (non-hydrogen) atoms. The zero-order valence-corrected chi connectivity index (χ0v) is 15.8. The highest BCUT2D eigenvalue weighted by molar-refractivity contribution is 5.51. The molecule has 4 rings (SSSR count). The molecule has 2 heterocycles. The zero-order chi connectivity index (χ0) is 17.9. The van der Waals surface area contributed by atoms with E-state index in [1.165, 1.54) is 28.8 Å². The molecule has 2 N–H and O–H groups in total. The summed E-state index contributed by atoms with van der Waals surface area (Å²) < 4.78 is 5.32. The minimum atomic E-state index is 0.598. The number of ether oxygens (including phenoxy) is 1. The number of rotatable bonds is 5. The van der Waals surface area contributed by atoms with Gasteiger partial charge in [0.25, 0.3) is 0 Å². The van der Waals surface area contributed by atoms with Crippen LogP contribution in [0.4, 0.5) is 5.69 Å². The lowest BCUT2D eigenvalue weighted by molar-refractivity contribution is 0.329. The molecule has 1 fully saturated rings. The first-order valence-corrected chi connectivity index (χ1v) is 9.63. The van der Waals surface area contributed by atoms with Crippen molar-refractivity contribution >= 4 is 5.69 Å². The SMILES string of the molecule is COc1ccc([C@@H]2CCNC[C@H]2CN(C)c2ccc3c(c2)CNC3)cc1. The van der Waals surface area contributed by atoms with Crippen molar-refractivity contribution < 1.29 is 4.74 Å². The van der Waals surface area contributed by atoms with Gasteiger partial charge in [0.05, 0.1) is 7.11 Å². The Morgan fingerprint density at radius 3 is 2.65 bits per heavy atom. The Morgan fingerprint density at radius 2 is 1.85 bits per heavy atom. The van der Waals surface area contributed by atoms with Crippen molar-refractivity contribution in [2.24, 2.45) is 5.92 Å². The van der Waals surface area contributed by atoms with E-state index in [1.54, 1.807) is 7.11 Å². The Morgan fingerprint density at radius 1 is 1.04 bits per heavy atom. The van der Waals surface area contributed by atoms with Gasteiger partial charge in [0.1, 0.15) is 5.75 Å². The Hall–Kier alpha value is -2.04. The Balaban J connectivity index is 1.49. The molecule has 138 valence electrons. The molecule has 2 aliphatic heterocycles. The van der Waals surface area contributed by atoms with Gasteiger partial charge in [0.2, 0.25) is 0 Å². The number of benzene rings is 2. The first-order valence-electron chi connectivity index (χ1n) is 9.63. The first kappa shape index (κ1) is 17.4. The summed E-state index contributed by atoms with van der Waals surface area (Å²) in [6.45, 7) is 5.24. The Kier molecular flexibility index (Phi) is 5.14. The van der Waals surface area contributed by atoms with E-state index in [0.29, 0.717) is 11.8 Å². The molecule has 0 bridgehead atoms. The maximum Gasteiger partial charge on any atom is 0.118 e. The fourth-order valence-electron chi connectivity index (χ4n) is 4.38. The molecule has 0 unspecified atom stereocenters. The van der Waals surface area contributed by atoms with Crippen LogP contribution < -0.4 is 20.3 Å². The highest BCUT2D eigenvalue weighted by atomic mass is 16.5. The monoisotopic (exact) mass is 351 g/mol. The lowest BCUT2D eigenvalue weighted by atomic mass is 9.81. The van der Waals surface area contributed by atoms with Crippen LogP contribution in [0, 0.1) is 5.92 Å². The van der Waals surface area contributed by atoms with Gasteiger partial charge in [-0.2, -0.15) is 0 Å². The molecule has 4 heteroatoms. The van der Waals surface area contributed by atoms with Crippen molar-refractivity contribution in [2.45, 2.75) is 25.4 Å². The fourth-order valence-corrected chi connectivity index (χ4v) is 4.38. The van der Waals surface area contributed by atoms with Gasteiger partial charge >= 0.3 is 0 Å². The van der Waals surface area contributed by atoms with E-state index in [1.807, 2.05) is 0 Å². The summed E-state index contributed by atoms with van der Waals surface area (Å²) in [6.07, 6.45) is 1.19. The summed E-state index contributed by atoms with van der Waals surface area (Å²) in [5.41, 5.74) is 5.65. The minimum absolute atomic E-state index is 0.598. The fraction of sp³-hybridized carbons (Fsp3) is 0.455. The number of methoxy groups -OCH3 is 1. The highest BCUT2D eigenvalue weighted by Gasteiger charge is 2.27. The third-order valence-corrected chi connectivity index (χ3v) is 5.92. The maximum atomic E-state index is 5.32. The number of hydrogen-bond donors (Lipinski definition) is 2. The molecule has 0 saturated carbocycles. The number of piperidine rings is 1. The average molecular weight is 351 g/mol. The van der Waals surface area contributed by atoms with E-state index >= 15 is 0 Å². The van der Waals surface area contributed by atoms with Gasteiger partial charge in [0.15, 0.2) is 0 Å². The average Bonchev–Trinajstić information content (AvgIpc) is 3.16. The van der Waals surface area contributed by atoms with Crippen LogP contribution >= 0.6 is 0 Å². The minimum Gasteiger partial charge on any atom is -0.497 e. The van der Waals surface area contributed by atoms with Crippen LogP contribution in [0.15, 0.2) is 42.5 Å². The van der Waals surface area contributed by atoms with Crippen molar-refractivity contribution in [3.63, 3.8) is 0 Å². The second kappa shape index (κ2) is 7.68. The number of nitrogens with zero attached hydrogens (tertiary/aromatic N) is 1. The quantitative estimate of drug-likeness (QED) is 0.868. The third-order valence-electron chi connectivity index (χ3n) is 5.92. The van der Waals surface area contributed by atoms with Crippen LogP contribution in [0.25, 0.3) is 0 Å². The molecule has 2 aliphatic rings. The van der Waals surface area contributed by atoms with Crippen LogP contribution in [0.5, 0.6) is 5.75 Å². The standard InChI is InChI=1S/C22H29N3O/c1-25(20-6-3-17-12-24-13-18(17)11-20)15-19-14-23-10-9-22(19)16-4-7-21(26-2)8-5-16/h3-8,11,19,22-24H,9-10,12-15H2,1-2H3/t19-,22-/m0/s1. The summed E-state index contributed by atoms with van der Waals surface area (Å²) in [4.78, 5) is 2.42. The molecule has 0 aliphatic carbocycles. The molecule has 2 aromatic carbocycles. The molecule has 2 aromatic rings. The van der Waals surface area contributed by atoms with Crippen molar-refractivity contribution in [3.8, 4) is 5.75 Å². The van der Waals surface area contributed by atoms with Gasteiger partial charge in [-0.15, -0.1) is 0 Å². The topological polar surface area (TPSA) is 36.5 Å². The molecule has 0 radical (unpaired) electrons. The van der Waals surface area contributed by atoms with E-state index < -0.39 is 0 Å². The molecular weight excluding hydrogens is 322 g/mol. The molecule has 0 amide bonds. The van der Waals surface area contributed by atoms with Crippen molar-refractivity contribution in [1.82, 2.24) is 10.6 Å². The van der Waals surface area contributed by atoms with Crippen molar-refractivity contribution in [3.05, 3.63) is 59.2 Å². The van der Waals surface area contributed by atoms with Crippen LogP contribution in [-0.4, -0.2) is 33.8 Å². The first-order chi connectivity index (χ1) is 12.7. The summed E-state index contributed by atoms with van der Waals surface area (Å²) in [6, 6.07) is 15.6. The van der Waals surface area contributed by atoms with Crippen molar-refractivity contribution in [1.29, 1.82) is 0 Å². The van der Waals surface area contributed by atoms with E-state index in [-0.39, 0.29) is 0 Å². The van der Waals surface area contributed by atoms with E-state index in [4.69, 9.17) is 4.74 Å². The normalized spacial score (nSPS) is 22.1. The number of fused-ring (bicyclic) bond motifs is 1. The van der Waals surface area contributed by atoms with Crippen molar-refractivity contribution in [2.75, 3.05) is 38.7 Å². The van der Waals surface area contributed by atoms with Crippen LogP contribution in [0.1, 0.15) is 29.0 Å². The van der Waals surface area contributed by atoms with Crippen LogP contribution in [0.2, 0.25) is 0 Å². The largest absolute Gasteiger partial charge is 0.497 e. The summed E-state index contributed by atoms with van der Waals surface area (Å²) in [5.74, 6) is 2.14. The lowest BCUT2D eigenvalue weighted by Crippen LogP contribution is -2.41. The summed E-state index contributed by atoms with van der Waals surface area (Å²) in [5, 5.41) is 7.03. The molecular formula is C22H29N3O. The van der Waals surface area contributed by atoms with Crippen LogP contribution in [-0.2, 0) is 13.1 Å². The Labute approximate surface area is 156 Å². The van der Waals surface area contributed by atoms with E-state index in [0.717, 1.165) is 38.5 Å². The second-order valence-electron chi connectivity index (χ2n) is 7.57. The molecule has 2 atom stereocenters.